The van der Waals surface area contributed by atoms with Gasteiger partial charge in [-0.3, -0.25) is 9.59 Å². The topological polar surface area (TPSA) is 119 Å². The number of fused-ring (bicyclic) bond motifs is 4. The van der Waals surface area contributed by atoms with Crippen LogP contribution in [0.5, 0.6) is 0 Å². The number of carbonyl (C=O) groups excluding carboxylic acids is 3. The highest BCUT2D eigenvalue weighted by Crippen LogP contribution is 2.66. The smallest absolute Gasteiger partial charge is 0.334 e. The van der Waals surface area contributed by atoms with Crippen LogP contribution in [0.15, 0.2) is 11.1 Å². The molecule has 8 nitrogen and oxygen atoms in total. The molecule has 32 heavy (non-hydrogen) atoms. The minimum Gasteiger partial charge on any atom is -0.462 e. The highest BCUT2D eigenvalue weighted by Gasteiger charge is 2.70. The van der Waals surface area contributed by atoms with Gasteiger partial charge in [-0.05, 0) is 31.6 Å². The number of hydrogen-bond donors (Lipinski definition) is 2. The zero-order valence-corrected chi connectivity index (χ0v) is 19.6. The van der Waals surface area contributed by atoms with Crippen LogP contribution in [0.2, 0.25) is 0 Å². The first kappa shape index (κ1) is 23.2. The fourth-order valence-corrected chi connectivity index (χ4v) is 7.66. The standard InChI is InChI=1S/C24H34O8/c1-11-18-14(32-21(11)28)9-16-23(6)8-7-17(31-13(3)26)22(4,5)19(23)15(30-12(2)25)10-24(16,29)20(18)27/h14-17,19-20,27,29H,7-10H2,1-6H3/t14-,15-,16+,17+,19-,20+,23+,24+/m1/s1. The van der Waals surface area contributed by atoms with E-state index >= 15 is 0 Å². The molecule has 2 N–H and O–H groups in total. The van der Waals surface area contributed by atoms with Crippen LogP contribution in [-0.2, 0) is 28.6 Å². The first-order chi connectivity index (χ1) is 14.7. The number of rotatable bonds is 2. The second-order valence-electron chi connectivity index (χ2n) is 10.9. The molecule has 8 atom stereocenters. The second-order valence-corrected chi connectivity index (χ2v) is 10.9. The minimum atomic E-state index is -1.57. The van der Waals surface area contributed by atoms with E-state index in [1.807, 2.05) is 13.8 Å². The largest absolute Gasteiger partial charge is 0.462 e. The van der Waals surface area contributed by atoms with Crippen molar-refractivity contribution in [3.8, 4) is 0 Å². The van der Waals surface area contributed by atoms with E-state index in [9.17, 15) is 24.6 Å². The average molecular weight is 451 g/mol. The van der Waals surface area contributed by atoms with E-state index in [0.29, 0.717) is 30.4 Å². The van der Waals surface area contributed by atoms with Crippen molar-refractivity contribution < 1.29 is 38.8 Å². The Balaban J connectivity index is 1.82. The van der Waals surface area contributed by atoms with Crippen LogP contribution in [0.4, 0.5) is 0 Å². The first-order valence-corrected chi connectivity index (χ1v) is 11.4. The lowest BCUT2D eigenvalue weighted by Gasteiger charge is -2.66. The van der Waals surface area contributed by atoms with Crippen molar-refractivity contribution in [3.63, 3.8) is 0 Å². The van der Waals surface area contributed by atoms with Crippen LogP contribution in [0.25, 0.3) is 0 Å². The van der Waals surface area contributed by atoms with Crippen LogP contribution in [0, 0.1) is 22.7 Å². The van der Waals surface area contributed by atoms with Gasteiger partial charge in [-0.15, -0.1) is 0 Å². The zero-order chi connectivity index (χ0) is 23.8. The summed E-state index contributed by atoms with van der Waals surface area (Å²) >= 11 is 0. The van der Waals surface area contributed by atoms with Gasteiger partial charge >= 0.3 is 17.9 Å². The van der Waals surface area contributed by atoms with E-state index in [1.165, 1.54) is 13.8 Å². The average Bonchev–Trinajstić information content (AvgIpc) is 2.93. The zero-order valence-electron chi connectivity index (χ0n) is 19.6. The van der Waals surface area contributed by atoms with Gasteiger partial charge in [-0.2, -0.15) is 0 Å². The third-order valence-electron chi connectivity index (χ3n) is 8.77. The SMILES string of the molecule is CC(=O)O[C@H]1CC[C@]2(C)[C@H]([C@H](OC(C)=O)C[C@@]3(O)[C@@H](O)C4=C(C)C(=O)O[C@@H]4C[C@@H]23)C1(C)C. The van der Waals surface area contributed by atoms with Crippen molar-refractivity contribution in [3.05, 3.63) is 11.1 Å². The van der Waals surface area contributed by atoms with Crippen molar-refractivity contribution in [1.29, 1.82) is 0 Å². The van der Waals surface area contributed by atoms with Crippen molar-refractivity contribution in [2.45, 2.75) is 97.2 Å². The molecule has 0 aromatic heterocycles. The molecule has 4 aliphatic rings. The molecule has 0 amide bonds. The Morgan fingerprint density at radius 3 is 2.34 bits per heavy atom. The van der Waals surface area contributed by atoms with Gasteiger partial charge in [0.2, 0.25) is 0 Å². The van der Waals surface area contributed by atoms with Gasteiger partial charge in [0.05, 0.1) is 0 Å². The highest BCUT2D eigenvalue weighted by atomic mass is 16.6. The molecule has 8 heteroatoms. The van der Waals surface area contributed by atoms with Crippen LogP contribution < -0.4 is 0 Å². The van der Waals surface area contributed by atoms with E-state index in [2.05, 4.69) is 6.92 Å². The van der Waals surface area contributed by atoms with E-state index in [4.69, 9.17) is 14.2 Å². The Hall–Kier alpha value is -1.93. The first-order valence-electron chi connectivity index (χ1n) is 11.4. The summed E-state index contributed by atoms with van der Waals surface area (Å²) in [5.74, 6) is -1.93. The summed E-state index contributed by atoms with van der Waals surface area (Å²) in [6.45, 7) is 10.4. The lowest BCUT2D eigenvalue weighted by atomic mass is 9.41. The highest BCUT2D eigenvalue weighted by molar-refractivity contribution is 5.92. The molecule has 3 fully saturated rings. The van der Waals surface area contributed by atoms with Crippen LogP contribution in [0.1, 0.15) is 67.2 Å². The molecular weight excluding hydrogens is 416 g/mol. The Kier molecular flexibility index (Phi) is 5.29. The van der Waals surface area contributed by atoms with Crippen molar-refractivity contribution in [1.82, 2.24) is 0 Å². The molecule has 0 unspecified atom stereocenters. The summed E-state index contributed by atoms with van der Waals surface area (Å²) < 4.78 is 17.0. The van der Waals surface area contributed by atoms with Gasteiger partial charge in [-0.25, -0.2) is 4.79 Å². The summed E-state index contributed by atoms with van der Waals surface area (Å²) in [6, 6.07) is 0. The van der Waals surface area contributed by atoms with Gasteiger partial charge in [-0.1, -0.05) is 20.8 Å². The minimum absolute atomic E-state index is 0.0343. The van der Waals surface area contributed by atoms with Gasteiger partial charge in [0.25, 0.3) is 0 Å². The molecule has 0 radical (unpaired) electrons. The van der Waals surface area contributed by atoms with Crippen LogP contribution in [-0.4, -0.2) is 58.1 Å². The molecule has 0 saturated heterocycles. The third-order valence-corrected chi connectivity index (χ3v) is 8.77. The van der Waals surface area contributed by atoms with Crippen molar-refractivity contribution in [2.24, 2.45) is 22.7 Å². The fourth-order valence-electron chi connectivity index (χ4n) is 7.66. The number of esters is 3. The third kappa shape index (κ3) is 3.13. The van der Waals surface area contributed by atoms with E-state index in [1.54, 1.807) is 6.92 Å². The van der Waals surface area contributed by atoms with Gasteiger partial charge in [0.15, 0.2) is 0 Å². The van der Waals surface area contributed by atoms with Gasteiger partial charge in [0.1, 0.15) is 30.0 Å². The lowest BCUT2D eigenvalue weighted by molar-refractivity contribution is -0.275. The second kappa shape index (κ2) is 7.29. The van der Waals surface area contributed by atoms with Crippen LogP contribution in [0.3, 0.4) is 0 Å². The molecule has 1 aliphatic heterocycles. The summed E-state index contributed by atoms with van der Waals surface area (Å²) in [4.78, 5) is 36.1. The van der Waals surface area contributed by atoms with E-state index in [0.717, 1.165) is 0 Å². The Bertz CT molecular complexity index is 890. The molecular formula is C24H34O8. The summed E-state index contributed by atoms with van der Waals surface area (Å²) in [5.41, 5.74) is -1.90. The number of aliphatic hydroxyl groups excluding tert-OH is 1. The number of aliphatic hydroxyl groups is 2. The molecule has 4 rings (SSSR count). The van der Waals surface area contributed by atoms with E-state index < -0.39 is 52.6 Å². The molecule has 1 heterocycles. The maximum Gasteiger partial charge on any atom is 0.334 e. The number of carbonyl (C=O) groups is 3. The maximum absolute atomic E-state index is 12.2. The monoisotopic (exact) mass is 450 g/mol. The number of hydrogen-bond acceptors (Lipinski definition) is 8. The molecule has 3 saturated carbocycles. The fraction of sp³-hybridized carbons (Fsp3) is 0.792. The molecule has 0 aromatic carbocycles. The predicted molar refractivity (Wildman–Crippen MR) is 112 cm³/mol. The molecule has 178 valence electrons. The number of ether oxygens (including phenoxy) is 3. The molecule has 0 bridgehead atoms. The van der Waals surface area contributed by atoms with Crippen LogP contribution >= 0.6 is 0 Å². The Morgan fingerprint density at radius 1 is 1.12 bits per heavy atom. The molecule has 0 aromatic rings. The molecule has 0 spiro atoms. The van der Waals surface area contributed by atoms with Crippen molar-refractivity contribution in [2.75, 3.05) is 0 Å². The molecule has 3 aliphatic carbocycles. The Morgan fingerprint density at radius 2 is 1.75 bits per heavy atom. The lowest BCUT2D eigenvalue weighted by Crippen LogP contribution is -2.71. The Labute approximate surface area is 188 Å². The quantitative estimate of drug-likeness (QED) is 0.485. The summed E-state index contributed by atoms with van der Waals surface area (Å²) in [5, 5.41) is 23.3. The maximum atomic E-state index is 12.2. The summed E-state index contributed by atoms with van der Waals surface area (Å²) in [6.07, 6.45) is -1.29. The van der Waals surface area contributed by atoms with Crippen molar-refractivity contribution >= 4 is 17.9 Å². The predicted octanol–water partition coefficient (Wildman–Crippen LogP) is 2.05. The van der Waals surface area contributed by atoms with Gasteiger partial charge < -0.3 is 24.4 Å². The van der Waals surface area contributed by atoms with E-state index in [-0.39, 0.29) is 24.4 Å². The summed E-state index contributed by atoms with van der Waals surface area (Å²) in [7, 11) is 0. The normalized spacial score (nSPS) is 44.7. The van der Waals surface area contributed by atoms with Gasteiger partial charge in [0, 0.05) is 48.7 Å².